The van der Waals surface area contributed by atoms with Gasteiger partial charge in [0.2, 0.25) is 0 Å². The minimum absolute atomic E-state index is 0.0707. The van der Waals surface area contributed by atoms with Crippen LogP contribution >= 0.6 is 15.9 Å². The highest BCUT2D eigenvalue weighted by molar-refractivity contribution is 9.10. The molecular formula is C16H18BrNO2. The van der Waals surface area contributed by atoms with Crippen LogP contribution in [-0.2, 0) is 6.61 Å². The van der Waals surface area contributed by atoms with Crippen molar-refractivity contribution in [1.29, 1.82) is 0 Å². The fraction of sp³-hybridized carbons (Fsp3) is 0.250. The van der Waals surface area contributed by atoms with Gasteiger partial charge in [-0.3, -0.25) is 0 Å². The first kappa shape index (κ1) is 14.9. The first-order chi connectivity index (χ1) is 9.63. The van der Waals surface area contributed by atoms with Crippen molar-refractivity contribution in [1.82, 2.24) is 0 Å². The predicted octanol–water partition coefficient (Wildman–Crippen LogP) is 4.12. The summed E-state index contributed by atoms with van der Waals surface area (Å²) in [7, 11) is 1.66. The van der Waals surface area contributed by atoms with Crippen molar-refractivity contribution in [3.63, 3.8) is 0 Å². The molecule has 2 aromatic rings. The van der Waals surface area contributed by atoms with E-state index in [-0.39, 0.29) is 12.6 Å². The van der Waals surface area contributed by atoms with Crippen molar-refractivity contribution in [3.05, 3.63) is 58.1 Å². The Morgan fingerprint density at radius 3 is 2.45 bits per heavy atom. The summed E-state index contributed by atoms with van der Waals surface area (Å²) < 4.78 is 6.18. The maximum absolute atomic E-state index is 9.03. The lowest BCUT2D eigenvalue weighted by Crippen LogP contribution is -2.06. The molecule has 0 aliphatic carbocycles. The summed E-state index contributed by atoms with van der Waals surface area (Å²) in [5.74, 6) is 0.827. The van der Waals surface area contributed by atoms with Gasteiger partial charge in [0.15, 0.2) is 0 Å². The van der Waals surface area contributed by atoms with Gasteiger partial charge in [0.05, 0.1) is 18.2 Å². The van der Waals surface area contributed by atoms with Gasteiger partial charge < -0.3 is 15.2 Å². The highest BCUT2D eigenvalue weighted by Gasteiger charge is 2.08. The minimum Gasteiger partial charge on any atom is -0.496 e. The number of nitrogens with one attached hydrogen (secondary N) is 1. The number of aliphatic hydroxyl groups is 1. The Hall–Kier alpha value is -1.52. The highest BCUT2D eigenvalue weighted by Crippen LogP contribution is 2.29. The van der Waals surface area contributed by atoms with Crippen LogP contribution in [-0.4, -0.2) is 12.2 Å². The third-order valence-corrected chi connectivity index (χ3v) is 3.82. The van der Waals surface area contributed by atoms with Gasteiger partial charge in [0.25, 0.3) is 0 Å². The van der Waals surface area contributed by atoms with Crippen LogP contribution in [0.15, 0.2) is 46.9 Å². The Bertz CT molecular complexity index is 569. The molecule has 0 fully saturated rings. The summed E-state index contributed by atoms with van der Waals surface area (Å²) in [6.07, 6.45) is 0. The SMILES string of the molecule is COc1ccc(C(C)Nc2ccc(CO)cc2)cc1Br. The second kappa shape index (κ2) is 6.77. The fourth-order valence-corrected chi connectivity index (χ4v) is 2.55. The van der Waals surface area contributed by atoms with E-state index < -0.39 is 0 Å². The van der Waals surface area contributed by atoms with Gasteiger partial charge in [-0.05, 0) is 58.2 Å². The van der Waals surface area contributed by atoms with Crippen molar-refractivity contribution in [2.45, 2.75) is 19.6 Å². The molecule has 2 aromatic carbocycles. The predicted molar refractivity (Wildman–Crippen MR) is 85.1 cm³/mol. The van der Waals surface area contributed by atoms with Crippen LogP contribution < -0.4 is 10.1 Å². The zero-order valence-electron chi connectivity index (χ0n) is 11.6. The molecule has 2 N–H and O–H groups in total. The molecule has 0 spiro atoms. The van der Waals surface area contributed by atoms with E-state index in [0.29, 0.717) is 0 Å². The van der Waals surface area contributed by atoms with Crippen molar-refractivity contribution < 1.29 is 9.84 Å². The maximum atomic E-state index is 9.03. The highest BCUT2D eigenvalue weighted by atomic mass is 79.9. The van der Waals surface area contributed by atoms with E-state index >= 15 is 0 Å². The van der Waals surface area contributed by atoms with Crippen molar-refractivity contribution in [2.24, 2.45) is 0 Å². The van der Waals surface area contributed by atoms with Crippen LogP contribution in [0, 0.1) is 0 Å². The summed E-state index contributed by atoms with van der Waals surface area (Å²) in [4.78, 5) is 0. The van der Waals surface area contributed by atoms with E-state index in [9.17, 15) is 0 Å². The van der Waals surface area contributed by atoms with E-state index in [1.54, 1.807) is 7.11 Å². The van der Waals surface area contributed by atoms with Crippen LogP contribution in [0.2, 0.25) is 0 Å². The van der Waals surface area contributed by atoms with Gasteiger partial charge in [0.1, 0.15) is 5.75 Å². The molecule has 0 aromatic heterocycles. The molecule has 1 unspecified atom stereocenters. The molecule has 0 heterocycles. The molecule has 4 heteroatoms. The first-order valence-electron chi connectivity index (χ1n) is 6.44. The van der Waals surface area contributed by atoms with Crippen LogP contribution in [0.5, 0.6) is 5.75 Å². The molecule has 0 aliphatic heterocycles. The van der Waals surface area contributed by atoms with Gasteiger partial charge in [-0.1, -0.05) is 18.2 Å². The molecule has 106 valence electrons. The Balaban J connectivity index is 2.10. The molecule has 3 nitrogen and oxygen atoms in total. The van der Waals surface area contributed by atoms with Gasteiger partial charge >= 0.3 is 0 Å². The van der Waals surface area contributed by atoms with E-state index in [1.165, 1.54) is 5.56 Å². The number of rotatable bonds is 5. The number of anilines is 1. The summed E-state index contributed by atoms with van der Waals surface area (Å²) in [6.45, 7) is 2.18. The first-order valence-corrected chi connectivity index (χ1v) is 7.23. The largest absolute Gasteiger partial charge is 0.496 e. The van der Waals surface area contributed by atoms with Crippen LogP contribution in [0.1, 0.15) is 24.1 Å². The molecule has 20 heavy (non-hydrogen) atoms. The second-order valence-electron chi connectivity index (χ2n) is 4.62. The normalized spacial score (nSPS) is 12.0. The monoisotopic (exact) mass is 335 g/mol. The average Bonchev–Trinajstić information content (AvgIpc) is 2.48. The molecule has 1 atom stereocenters. The molecule has 0 aliphatic rings. The summed E-state index contributed by atoms with van der Waals surface area (Å²) in [5, 5.41) is 12.5. The van der Waals surface area contributed by atoms with E-state index in [1.807, 2.05) is 36.4 Å². The number of hydrogen-bond acceptors (Lipinski definition) is 3. The lowest BCUT2D eigenvalue weighted by Gasteiger charge is -2.17. The van der Waals surface area contributed by atoms with Crippen molar-refractivity contribution >= 4 is 21.6 Å². The van der Waals surface area contributed by atoms with Gasteiger partial charge in [-0.15, -0.1) is 0 Å². The van der Waals surface area contributed by atoms with Crippen LogP contribution in [0.3, 0.4) is 0 Å². The van der Waals surface area contributed by atoms with Crippen LogP contribution in [0.4, 0.5) is 5.69 Å². The number of methoxy groups -OCH3 is 1. The Kier molecular flexibility index (Phi) is 5.04. The third kappa shape index (κ3) is 3.52. The number of ether oxygens (including phenoxy) is 1. The standard InChI is InChI=1S/C16H18BrNO2/c1-11(13-5-8-16(20-2)15(17)9-13)18-14-6-3-12(10-19)4-7-14/h3-9,11,18-19H,10H2,1-2H3. The summed E-state index contributed by atoms with van der Waals surface area (Å²) >= 11 is 3.50. The molecule has 0 radical (unpaired) electrons. The van der Waals surface area contributed by atoms with E-state index in [0.717, 1.165) is 21.5 Å². The van der Waals surface area contributed by atoms with Crippen molar-refractivity contribution in [2.75, 3.05) is 12.4 Å². The Morgan fingerprint density at radius 1 is 1.20 bits per heavy atom. The number of halogens is 1. The molecule has 2 rings (SSSR count). The molecule has 0 amide bonds. The lowest BCUT2D eigenvalue weighted by molar-refractivity contribution is 0.282. The van der Waals surface area contributed by atoms with Gasteiger partial charge in [-0.25, -0.2) is 0 Å². The number of hydrogen-bond donors (Lipinski definition) is 2. The lowest BCUT2D eigenvalue weighted by atomic mass is 10.1. The molecule has 0 bridgehead atoms. The van der Waals surface area contributed by atoms with Crippen molar-refractivity contribution in [3.8, 4) is 5.75 Å². The zero-order valence-corrected chi connectivity index (χ0v) is 13.1. The molecule has 0 saturated heterocycles. The van der Waals surface area contributed by atoms with Gasteiger partial charge in [0, 0.05) is 11.7 Å². The number of aliphatic hydroxyl groups excluding tert-OH is 1. The fourth-order valence-electron chi connectivity index (χ4n) is 1.99. The Labute approximate surface area is 127 Å². The van der Waals surface area contributed by atoms with E-state index in [4.69, 9.17) is 9.84 Å². The topological polar surface area (TPSA) is 41.5 Å². The molecule has 0 saturated carbocycles. The summed E-state index contributed by atoms with van der Waals surface area (Å²) in [5.41, 5.74) is 3.11. The Morgan fingerprint density at radius 2 is 1.90 bits per heavy atom. The zero-order chi connectivity index (χ0) is 14.5. The second-order valence-corrected chi connectivity index (χ2v) is 5.47. The third-order valence-electron chi connectivity index (χ3n) is 3.20. The maximum Gasteiger partial charge on any atom is 0.133 e. The summed E-state index contributed by atoms with van der Waals surface area (Å²) in [6, 6.07) is 14.0. The van der Waals surface area contributed by atoms with Crippen LogP contribution in [0.25, 0.3) is 0 Å². The minimum atomic E-state index is 0.0707. The van der Waals surface area contributed by atoms with Gasteiger partial charge in [-0.2, -0.15) is 0 Å². The smallest absolute Gasteiger partial charge is 0.133 e. The molecular weight excluding hydrogens is 318 g/mol. The quantitative estimate of drug-likeness (QED) is 0.863. The number of benzene rings is 2. The average molecular weight is 336 g/mol. The van der Waals surface area contributed by atoms with E-state index in [2.05, 4.69) is 34.2 Å².